The molecular weight excluding hydrogens is 198 g/mol. The van der Waals surface area contributed by atoms with Crippen molar-refractivity contribution in [3.8, 4) is 0 Å². The minimum atomic E-state index is 0.549. The SMILES string of the molecule is CCC(C)CN(C)c1nc(C)ccc1CN. The first kappa shape index (κ1) is 13.0. The first-order valence-electron chi connectivity index (χ1n) is 5.96. The summed E-state index contributed by atoms with van der Waals surface area (Å²) < 4.78 is 0. The van der Waals surface area contributed by atoms with Crippen LogP contribution in [0.1, 0.15) is 31.5 Å². The zero-order chi connectivity index (χ0) is 12.1. The maximum atomic E-state index is 5.74. The molecule has 0 aliphatic heterocycles. The van der Waals surface area contributed by atoms with Crippen LogP contribution in [-0.4, -0.2) is 18.6 Å². The molecule has 1 heterocycles. The average Bonchev–Trinajstić information content (AvgIpc) is 2.28. The summed E-state index contributed by atoms with van der Waals surface area (Å²) in [6, 6.07) is 4.09. The standard InChI is InChI=1S/C13H23N3/c1-5-10(2)9-16(4)13-12(8-14)7-6-11(3)15-13/h6-7,10H,5,8-9,14H2,1-4H3. The Morgan fingerprint density at radius 1 is 1.44 bits per heavy atom. The summed E-state index contributed by atoms with van der Waals surface area (Å²) in [6.07, 6.45) is 1.19. The molecule has 0 fully saturated rings. The predicted octanol–water partition coefficient (Wildman–Crippen LogP) is 2.33. The zero-order valence-corrected chi connectivity index (χ0v) is 10.8. The van der Waals surface area contributed by atoms with Crippen molar-refractivity contribution in [3.05, 3.63) is 23.4 Å². The molecule has 90 valence electrons. The lowest BCUT2D eigenvalue weighted by molar-refractivity contribution is 0.556. The molecule has 0 spiro atoms. The van der Waals surface area contributed by atoms with Gasteiger partial charge in [0, 0.05) is 31.4 Å². The van der Waals surface area contributed by atoms with Crippen molar-refractivity contribution in [2.75, 3.05) is 18.5 Å². The molecule has 1 atom stereocenters. The Kier molecular flexibility index (Phi) is 4.74. The number of nitrogens with zero attached hydrogens (tertiary/aromatic N) is 2. The normalized spacial score (nSPS) is 12.6. The number of nitrogens with two attached hydrogens (primary N) is 1. The van der Waals surface area contributed by atoms with Gasteiger partial charge in [0.2, 0.25) is 0 Å². The maximum Gasteiger partial charge on any atom is 0.133 e. The zero-order valence-electron chi connectivity index (χ0n) is 10.8. The van der Waals surface area contributed by atoms with Crippen molar-refractivity contribution in [2.45, 2.75) is 33.7 Å². The van der Waals surface area contributed by atoms with Crippen LogP contribution in [0.2, 0.25) is 0 Å². The highest BCUT2D eigenvalue weighted by molar-refractivity contribution is 5.47. The van der Waals surface area contributed by atoms with E-state index in [1.165, 1.54) is 6.42 Å². The van der Waals surface area contributed by atoms with Gasteiger partial charge in [0.1, 0.15) is 5.82 Å². The summed E-state index contributed by atoms with van der Waals surface area (Å²) in [4.78, 5) is 6.79. The second-order valence-corrected chi connectivity index (χ2v) is 4.53. The van der Waals surface area contributed by atoms with Gasteiger partial charge in [-0.05, 0) is 18.9 Å². The Bertz CT molecular complexity index is 336. The van der Waals surface area contributed by atoms with Crippen LogP contribution in [0.5, 0.6) is 0 Å². The Labute approximate surface area is 98.7 Å². The summed E-state index contributed by atoms with van der Waals surface area (Å²) >= 11 is 0. The molecule has 1 aromatic heterocycles. The number of hydrogen-bond donors (Lipinski definition) is 1. The van der Waals surface area contributed by atoms with Gasteiger partial charge in [0.05, 0.1) is 0 Å². The third kappa shape index (κ3) is 3.20. The number of aromatic nitrogens is 1. The highest BCUT2D eigenvalue weighted by Gasteiger charge is 2.10. The largest absolute Gasteiger partial charge is 0.359 e. The summed E-state index contributed by atoms with van der Waals surface area (Å²) in [7, 11) is 2.09. The van der Waals surface area contributed by atoms with E-state index in [9.17, 15) is 0 Å². The van der Waals surface area contributed by atoms with E-state index < -0.39 is 0 Å². The van der Waals surface area contributed by atoms with E-state index in [1.54, 1.807) is 0 Å². The van der Waals surface area contributed by atoms with E-state index >= 15 is 0 Å². The van der Waals surface area contributed by atoms with Gasteiger partial charge in [-0.1, -0.05) is 26.3 Å². The predicted molar refractivity (Wildman–Crippen MR) is 69.6 cm³/mol. The van der Waals surface area contributed by atoms with E-state index in [0.717, 1.165) is 23.6 Å². The molecule has 2 N–H and O–H groups in total. The molecule has 1 unspecified atom stereocenters. The molecule has 0 saturated heterocycles. The Morgan fingerprint density at radius 2 is 2.12 bits per heavy atom. The van der Waals surface area contributed by atoms with Crippen LogP contribution in [0.4, 0.5) is 5.82 Å². The monoisotopic (exact) mass is 221 g/mol. The van der Waals surface area contributed by atoms with Crippen molar-refractivity contribution in [2.24, 2.45) is 11.7 Å². The molecule has 0 bridgehead atoms. The molecule has 16 heavy (non-hydrogen) atoms. The number of aryl methyl sites for hydroxylation is 1. The van der Waals surface area contributed by atoms with E-state index in [4.69, 9.17) is 5.73 Å². The number of pyridine rings is 1. The highest BCUT2D eigenvalue weighted by Crippen LogP contribution is 2.18. The van der Waals surface area contributed by atoms with E-state index in [0.29, 0.717) is 12.5 Å². The van der Waals surface area contributed by atoms with Gasteiger partial charge in [-0.15, -0.1) is 0 Å². The average molecular weight is 221 g/mol. The van der Waals surface area contributed by atoms with Gasteiger partial charge in [0.25, 0.3) is 0 Å². The molecule has 0 saturated carbocycles. The van der Waals surface area contributed by atoms with Crippen molar-refractivity contribution in [1.82, 2.24) is 4.98 Å². The Morgan fingerprint density at radius 3 is 2.69 bits per heavy atom. The fourth-order valence-electron chi connectivity index (χ4n) is 1.74. The molecule has 1 aromatic rings. The van der Waals surface area contributed by atoms with Crippen LogP contribution in [0.3, 0.4) is 0 Å². The quantitative estimate of drug-likeness (QED) is 0.829. The molecule has 3 nitrogen and oxygen atoms in total. The maximum absolute atomic E-state index is 5.74. The van der Waals surface area contributed by atoms with Gasteiger partial charge in [0.15, 0.2) is 0 Å². The Balaban J connectivity index is 2.88. The van der Waals surface area contributed by atoms with Crippen molar-refractivity contribution >= 4 is 5.82 Å². The van der Waals surface area contributed by atoms with Crippen LogP contribution in [0.25, 0.3) is 0 Å². The molecule has 0 radical (unpaired) electrons. The first-order valence-corrected chi connectivity index (χ1v) is 5.96. The van der Waals surface area contributed by atoms with Gasteiger partial charge >= 0.3 is 0 Å². The number of anilines is 1. The molecular formula is C13H23N3. The second-order valence-electron chi connectivity index (χ2n) is 4.53. The fourth-order valence-corrected chi connectivity index (χ4v) is 1.74. The van der Waals surface area contributed by atoms with Gasteiger partial charge in [-0.2, -0.15) is 0 Å². The van der Waals surface area contributed by atoms with Gasteiger partial charge in [-0.25, -0.2) is 4.98 Å². The van der Waals surface area contributed by atoms with E-state index in [1.807, 2.05) is 13.0 Å². The molecule has 0 aliphatic carbocycles. The van der Waals surface area contributed by atoms with Crippen LogP contribution < -0.4 is 10.6 Å². The lowest BCUT2D eigenvalue weighted by Gasteiger charge is -2.24. The van der Waals surface area contributed by atoms with Crippen LogP contribution in [-0.2, 0) is 6.54 Å². The number of rotatable bonds is 5. The molecule has 0 amide bonds. The third-order valence-corrected chi connectivity index (χ3v) is 2.96. The highest BCUT2D eigenvalue weighted by atomic mass is 15.2. The van der Waals surface area contributed by atoms with Gasteiger partial charge < -0.3 is 10.6 Å². The topological polar surface area (TPSA) is 42.2 Å². The minimum Gasteiger partial charge on any atom is -0.359 e. The summed E-state index contributed by atoms with van der Waals surface area (Å²) in [6.45, 7) is 8.06. The first-order chi connectivity index (χ1) is 7.58. The van der Waals surface area contributed by atoms with Crippen molar-refractivity contribution in [3.63, 3.8) is 0 Å². The number of hydrogen-bond acceptors (Lipinski definition) is 3. The van der Waals surface area contributed by atoms with E-state index in [-0.39, 0.29) is 0 Å². The summed E-state index contributed by atoms with van der Waals surface area (Å²) in [5.41, 5.74) is 7.90. The molecule has 0 aliphatic rings. The van der Waals surface area contributed by atoms with Crippen LogP contribution in [0.15, 0.2) is 12.1 Å². The molecule has 3 heteroatoms. The molecule has 1 rings (SSSR count). The summed E-state index contributed by atoms with van der Waals surface area (Å²) in [5.74, 6) is 1.71. The van der Waals surface area contributed by atoms with Crippen molar-refractivity contribution in [1.29, 1.82) is 0 Å². The second kappa shape index (κ2) is 5.85. The van der Waals surface area contributed by atoms with Crippen molar-refractivity contribution < 1.29 is 0 Å². The lowest BCUT2D eigenvalue weighted by Crippen LogP contribution is -2.26. The molecule has 0 aromatic carbocycles. The van der Waals surface area contributed by atoms with Crippen LogP contribution in [0, 0.1) is 12.8 Å². The van der Waals surface area contributed by atoms with Gasteiger partial charge in [-0.3, -0.25) is 0 Å². The third-order valence-electron chi connectivity index (χ3n) is 2.96. The van der Waals surface area contributed by atoms with Crippen LogP contribution >= 0.6 is 0 Å². The smallest absolute Gasteiger partial charge is 0.133 e. The fraction of sp³-hybridized carbons (Fsp3) is 0.615. The lowest BCUT2D eigenvalue weighted by atomic mass is 10.1. The van der Waals surface area contributed by atoms with E-state index in [2.05, 4.69) is 36.8 Å². The minimum absolute atomic E-state index is 0.549. The Hall–Kier alpha value is -1.09. The summed E-state index contributed by atoms with van der Waals surface area (Å²) in [5, 5.41) is 0.